The van der Waals surface area contributed by atoms with Crippen molar-refractivity contribution in [3.63, 3.8) is 0 Å². The molecule has 1 atom stereocenters. The van der Waals surface area contributed by atoms with Gasteiger partial charge in [0.25, 0.3) is 0 Å². The van der Waals surface area contributed by atoms with Crippen molar-refractivity contribution in [3.05, 3.63) is 68.7 Å². The summed E-state index contributed by atoms with van der Waals surface area (Å²) in [6.07, 6.45) is 0. The first kappa shape index (κ1) is 14.0. The van der Waals surface area contributed by atoms with Crippen molar-refractivity contribution in [2.24, 2.45) is 0 Å². The Balaban J connectivity index is 2.44. The molecule has 1 unspecified atom stereocenters. The summed E-state index contributed by atoms with van der Waals surface area (Å²) in [6.45, 7) is 0. The molecule has 0 saturated heterocycles. The van der Waals surface area contributed by atoms with Crippen LogP contribution in [-0.2, 0) is 0 Å². The van der Waals surface area contributed by atoms with Crippen LogP contribution < -0.4 is 0 Å². The van der Waals surface area contributed by atoms with Gasteiger partial charge in [-0.2, -0.15) is 0 Å². The second-order valence-corrected chi connectivity index (χ2v) is 5.90. The first-order chi connectivity index (χ1) is 8.49. The second kappa shape index (κ2) is 5.68. The molecule has 2 rings (SSSR count). The summed E-state index contributed by atoms with van der Waals surface area (Å²) in [4.78, 5) is -0.371. The van der Waals surface area contributed by atoms with Crippen LogP contribution in [0.1, 0.15) is 16.0 Å². The molecule has 0 aliphatic carbocycles. The number of hydrogen-bond donors (Lipinski definition) is 0. The van der Waals surface area contributed by atoms with Crippen LogP contribution in [0.2, 0.25) is 5.02 Å². The molecule has 2 aromatic rings. The van der Waals surface area contributed by atoms with Gasteiger partial charge in [-0.1, -0.05) is 55.6 Å². The second-order valence-electron chi connectivity index (χ2n) is 3.69. The summed E-state index contributed by atoms with van der Waals surface area (Å²) in [5.74, 6) is -1.18. The van der Waals surface area contributed by atoms with E-state index in [9.17, 15) is 8.78 Å². The van der Waals surface area contributed by atoms with E-state index in [1.807, 2.05) is 0 Å². The zero-order chi connectivity index (χ0) is 13.3. The standard InChI is InChI=1S/C13H7Br2ClF2/c14-11-5-7(16)1-3-9(11)13(15)10-4-2-8(17)6-12(10)18/h1-6,13H. The Bertz CT molecular complexity index is 536. The quantitative estimate of drug-likeness (QED) is 0.558. The van der Waals surface area contributed by atoms with Crippen molar-refractivity contribution in [1.29, 1.82) is 0 Å². The van der Waals surface area contributed by atoms with E-state index < -0.39 is 11.6 Å². The van der Waals surface area contributed by atoms with Crippen molar-refractivity contribution in [3.8, 4) is 0 Å². The average molecular weight is 396 g/mol. The molecule has 0 aliphatic heterocycles. The first-order valence-corrected chi connectivity index (χ1v) is 7.11. The SMILES string of the molecule is Fc1ccc(C(Br)c2ccc(Cl)cc2Br)c(F)c1. The van der Waals surface area contributed by atoms with E-state index in [-0.39, 0.29) is 4.83 Å². The number of hydrogen-bond acceptors (Lipinski definition) is 0. The largest absolute Gasteiger partial charge is 0.207 e. The van der Waals surface area contributed by atoms with Crippen LogP contribution in [0.25, 0.3) is 0 Å². The lowest BCUT2D eigenvalue weighted by Crippen LogP contribution is -1.98. The smallest absolute Gasteiger partial charge is 0.130 e. The van der Waals surface area contributed by atoms with Crippen molar-refractivity contribution in [2.45, 2.75) is 4.83 Å². The van der Waals surface area contributed by atoms with Gasteiger partial charge in [0.2, 0.25) is 0 Å². The van der Waals surface area contributed by atoms with E-state index in [0.717, 1.165) is 16.1 Å². The lowest BCUT2D eigenvalue weighted by Gasteiger charge is -2.13. The Labute approximate surface area is 125 Å². The maximum Gasteiger partial charge on any atom is 0.130 e. The molecular formula is C13H7Br2ClF2. The molecule has 94 valence electrons. The summed E-state index contributed by atoms with van der Waals surface area (Å²) in [5.41, 5.74) is 1.20. The maximum absolute atomic E-state index is 13.7. The first-order valence-electron chi connectivity index (χ1n) is 5.03. The van der Waals surface area contributed by atoms with E-state index >= 15 is 0 Å². The van der Waals surface area contributed by atoms with Gasteiger partial charge in [-0.25, -0.2) is 8.78 Å². The molecule has 0 bridgehead atoms. The highest BCUT2D eigenvalue weighted by molar-refractivity contribution is 9.11. The van der Waals surface area contributed by atoms with Gasteiger partial charge in [-0.05, 0) is 23.8 Å². The third-order valence-electron chi connectivity index (χ3n) is 2.47. The summed E-state index contributed by atoms with van der Waals surface area (Å²) in [6, 6.07) is 8.76. The van der Waals surface area contributed by atoms with Crippen LogP contribution in [0.3, 0.4) is 0 Å². The van der Waals surface area contributed by atoms with Crippen LogP contribution in [0.5, 0.6) is 0 Å². The predicted molar refractivity (Wildman–Crippen MR) is 76.3 cm³/mol. The third-order valence-corrected chi connectivity index (χ3v) is 4.38. The fraction of sp³-hybridized carbons (Fsp3) is 0.0769. The van der Waals surface area contributed by atoms with Crippen LogP contribution in [0.4, 0.5) is 8.78 Å². The lowest BCUT2D eigenvalue weighted by molar-refractivity contribution is 0.574. The topological polar surface area (TPSA) is 0 Å². The molecule has 0 amide bonds. The van der Waals surface area contributed by atoms with Gasteiger partial charge < -0.3 is 0 Å². The molecule has 5 heteroatoms. The van der Waals surface area contributed by atoms with E-state index in [0.29, 0.717) is 10.6 Å². The summed E-state index contributed by atoms with van der Waals surface area (Å²) in [7, 11) is 0. The number of rotatable bonds is 2. The van der Waals surface area contributed by atoms with Gasteiger partial charge >= 0.3 is 0 Å². The fourth-order valence-electron chi connectivity index (χ4n) is 1.58. The molecule has 0 N–H and O–H groups in total. The minimum Gasteiger partial charge on any atom is -0.207 e. The van der Waals surface area contributed by atoms with Crippen molar-refractivity contribution < 1.29 is 8.78 Å². The Kier molecular flexibility index (Phi) is 4.41. The van der Waals surface area contributed by atoms with Gasteiger partial charge in [0.1, 0.15) is 11.6 Å². The van der Waals surface area contributed by atoms with E-state index in [2.05, 4.69) is 31.9 Å². The number of benzene rings is 2. The van der Waals surface area contributed by atoms with E-state index in [1.165, 1.54) is 12.1 Å². The van der Waals surface area contributed by atoms with Crippen LogP contribution in [-0.4, -0.2) is 0 Å². The highest BCUT2D eigenvalue weighted by Gasteiger charge is 2.17. The molecule has 0 aromatic heterocycles. The predicted octanol–water partition coefficient (Wildman–Crippen LogP) is 5.87. The Morgan fingerprint density at radius 3 is 2.28 bits per heavy atom. The minimum atomic E-state index is -0.592. The number of alkyl halides is 1. The molecule has 0 fully saturated rings. The third kappa shape index (κ3) is 2.92. The molecule has 0 saturated carbocycles. The van der Waals surface area contributed by atoms with Crippen molar-refractivity contribution in [2.75, 3.05) is 0 Å². The normalized spacial score (nSPS) is 12.5. The molecule has 0 nitrogen and oxygen atoms in total. The van der Waals surface area contributed by atoms with E-state index in [1.54, 1.807) is 18.2 Å². The Morgan fingerprint density at radius 2 is 1.67 bits per heavy atom. The van der Waals surface area contributed by atoms with Crippen molar-refractivity contribution in [1.82, 2.24) is 0 Å². The molecule has 0 heterocycles. The van der Waals surface area contributed by atoms with E-state index in [4.69, 9.17) is 11.6 Å². The molecule has 18 heavy (non-hydrogen) atoms. The highest BCUT2D eigenvalue weighted by Crippen LogP contribution is 2.37. The van der Waals surface area contributed by atoms with Crippen molar-refractivity contribution >= 4 is 43.5 Å². The van der Waals surface area contributed by atoms with Gasteiger partial charge in [0.05, 0.1) is 4.83 Å². The van der Waals surface area contributed by atoms with Gasteiger partial charge in [0, 0.05) is 21.1 Å². The van der Waals surface area contributed by atoms with Crippen LogP contribution in [0.15, 0.2) is 40.9 Å². The van der Waals surface area contributed by atoms with Crippen LogP contribution >= 0.6 is 43.5 Å². The molecule has 0 aliphatic rings. The Morgan fingerprint density at radius 1 is 1.00 bits per heavy atom. The maximum atomic E-state index is 13.7. The average Bonchev–Trinajstić information content (AvgIpc) is 2.28. The molecular weight excluding hydrogens is 389 g/mol. The zero-order valence-corrected chi connectivity index (χ0v) is 12.9. The zero-order valence-electron chi connectivity index (χ0n) is 8.93. The lowest BCUT2D eigenvalue weighted by atomic mass is 10.0. The fourth-order valence-corrected chi connectivity index (χ4v) is 3.57. The van der Waals surface area contributed by atoms with Gasteiger partial charge in [-0.15, -0.1) is 0 Å². The van der Waals surface area contributed by atoms with Gasteiger partial charge in [-0.3, -0.25) is 0 Å². The van der Waals surface area contributed by atoms with Crippen LogP contribution in [0, 0.1) is 11.6 Å². The monoisotopic (exact) mass is 394 g/mol. The van der Waals surface area contributed by atoms with Gasteiger partial charge in [0.15, 0.2) is 0 Å². The summed E-state index contributed by atoms with van der Waals surface area (Å²) in [5, 5.41) is 0.588. The minimum absolute atomic E-state index is 0.371. The molecule has 2 aromatic carbocycles. The summed E-state index contributed by atoms with van der Waals surface area (Å²) >= 11 is 12.6. The molecule has 0 spiro atoms. The Hall–Kier alpha value is -0.450. The number of halogens is 5. The highest BCUT2D eigenvalue weighted by atomic mass is 79.9. The molecule has 0 radical (unpaired) electrons. The summed E-state index contributed by atoms with van der Waals surface area (Å²) < 4.78 is 27.3.